The van der Waals surface area contributed by atoms with Gasteiger partial charge in [-0.1, -0.05) is 6.07 Å². The molecule has 2 saturated heterocycles. The van der Waals surface area contributed by atoms with Crippen molar-refractivity contribution in [3.8, 4) is 6.07 Å². The third-order valence-electron chi connectivity index (χ3n) is 8.90. The Hall–Kier alpha value is -4.43. The van der Waals surface area contributed by atoms with Crippen LogP contribution in [0.3, 0.4) is 0 Å². The van der Waals surface area contributed by atoms with Crippen molar-refractivity contribution in [1.82, 2.24) is 24.4 Å². The lowest BCUT2D eigenvalue weighted by Crippen LogP contribution is -2.75. The monoisotopic (exact) mass is 611 g/mol. The molecule has 2 aliphatic heterocycles. The van der Waals surface area contributed by atoms with Crippen LogP contribution in [0.5, 0.6) is 0 Å². The number of amides is 1. The number of carbonyl (C=O) groups excluding carboxylic acids is 1. The number of nitriles is 1. The number of ether oxygens (including phenoxy) is 1. The first kappa shape index (κ1) is 32.0. The van der Waals surface area contributed by atoms with Gasteiger partial charge in [-0.15, -0.1) is 0 Å². The van der Waals surface area contributed by atoms with Crippen LogP contribution in [0.25, 0.3) is 11.1 Å². The van der Waals surface area contributed by atoms with Gasteiger partial charge < -0.3 is 15.8 Å². The summed E-state index contributed by atoms with van der Waals surface area (Å²) in [7, 11) is 0. The Bertz CT molecular complexity index is 1640. The third-order valence-corrected chi connectivity index (χ3v) is 8.90. The van der Waals surface area contributed by atoms with Crippen LogP contribution in [0.2, 0.25) is 0 Å². The van der Waals surface area contributed by atoms with E-state index in [2.05, 4.69) is 40.2 Å². The van der Waals surface area contributed by atoms with Crippen LogP contribution in [-0.2, 0) is 4.74 Å². The molecule has 45 heavy (non-hydrogen) atoms. The fourth-order valence-corrected chi connectivity index (χ4v) is 6.38. The van der Waals surface area contributed by atoms with Crippen LogP contribution in [0.15, 0.2) is 54.0 Å². The molecule has 3 aromatic heterocycles. The molecular formula is C34H45N9O2. The largest absolute Gasteiger partial charge is 0.444 e. The van der Waals surface area contributed by atoms with Gasteiger partial charge in [-0.25, -0.2) is 9.31 Å². The molecule has 3 aromatic rings. The van der Waals surface area contributed by atoms with Crippen molar-refractivity contribution in [3.63, 3.8) is 0 Å². The van der Waals surface area contributed by atoms with Crippen molar-refractivity contribution in [2.24, 2.45) is 10.7 Å². The van der Waals surface area contributed by atoms with Gasteiger partial charge in [0, 0.05) is 55.1 Å². The highest BCUT2D eigenvalue weighted by molar-refractivity contribution is 6.22. The number of nitrogens with one attached hydrogen (secondary N) is 1. The number of hydrogen-bond acceptors (Lipinski definition) is 9. The molecule has 0 radical (unpaired) electrons. The molecule has 0 saturated carbocycles. The van der Waals surface area contributed by atoms with Gasteiger partial charge in [-0.05, 0) is 79.5 Å². The molecule has 3 N–H and O–H groups in total. The Kier molecular flexibility index (Phi) is 8.90. The first-order valence-electron chi connectivity index (χ1n) is 15.6. The molecule has 11 heteroatoms. The van der Waals surface area contributed by atoms with Crippen molar-refractivity contribution in [2.45, 2.75) is 90.6 Å². The van der Waals surface area contributed by atoms with E-state index in [0.717, 1.165) is 54.2 Å². The van der Waals surface area contributed by atoms with Gasteiger partial charge in [0.05, 0.1) is 46.8 Å². The van der Waals surface area contributed by atoms with Crippen LogP contribution >= 0.6 is 0 Å². The van der Waals surface area contributed by atoms with Crippen LogP contribution in [0.1, 0.15) is 84.2 Å². The van der Waals surface area contributed by atoms with Crippen LogP contribution < -0.4 is 11.1 Å². The highest BCUT2D eigenvalue weighted by Crippen LogP contribution is 2.37. The second-order valence-corrected chi connectivity index (χ2v) is 13.5. The third kappa shape index (κ3) is 6.66. The zero-order valence-corrected chi connectivity index (χ0v) is 27.4. The molecule has 1 unspecified atom stereocenters. The Balaban J connectivity index is 1.29. The molecular weight excluding hydrogens is 566 g/mol. The molecule has 11 nitrogen and oxygen atoms in total. The topological polar surface area (TPSA) is 137 Å². The Morgan fingerprint density at radius 1 is 1.29 bits per heavy atom. The Morgan fingerprint density at radius 3 is 2.62 bits per heavy atom. The van der Waals surface area contributed by atoms with E-state index < -0.39 is 5.60 Å². The van der Waals surface area contributed by atoms with Gasteiger partial charge in [0.25, 0.3) is 0 Å². The lowest BCUT2D eigenvalue weighted by Gasteiger charge is -2.59. The molecule has 5 rings (SSSR count). The van der Waals surface area contributed by atoms with Gasteiger partial charge in [0.15, 0.2) is 0 Å². The normalized spacial score (nSPS) is 20.4. The fourth-order valence-electron chi connectivity index (χ4n) is 6.38. The zero-order chi connectivity index (χ0) is 32.5. The minimum atomic E-state index is -0.511. The van der Waals surface area contributed by atoms with E-state index >= 15 is 0 Å². The average Bonchev–Trinajstić information content (AvgIpc) is 3.41. The predicted molar refractivity (Wildman–Crippen MR) is 177 cm³/mol. The van der Waals surface area contributed by atoms with Gasteiger partial charge in [0.2, 0.25) is 0 Å². The van der Waals surface area contributed by atoms with E-state index in [4.69, 9.17) is 15.5 Å². The first-order valence-corrected chi connectivity index (χ1v) is 15.6. The Labute approximate surface area is 265 Å². The maximum atomic E-state index is 12.7. The molecule has 0 bridgehead atoms. The number of aliphatic imine (C=N–C) groups is 1. The SMILES string of the molecule is CC(=NC1CCN(C2CN(C(=O)OC(C)(C)C)C2(C)C)CC1)/C(=C\N)c1cc(N[C@H](C)c2ccccn2)c2c(C#N)cnn2c1. The minimum absolute atomic E-state index is 0.103. The molecule has 238 valence electrons. The molecule has 1 amide bonds. The lowest BCUT2D eigenvalue weighted by molar-refractivity contribution is -0.0935. The Morgan fingerprint density at radius 2 is 2.02 bits per heavy atom. The molecule has 0 spiro atoms. The van der Waals surface area contributed by atoms with Crippen molar-refractivity contribution in [3.05, 3.63) is 65.9 Å². The number of likely N-dealkylation sites (tertiary alicyclic amines) is 2. The number of nitrogens with two attached hydrogens (primary N) is 1. The van der Waals surface area contributed by atoms with Crippen LogP contribution in [-0.4, -0.2) is 79.1 Å². The number of fused-ring (bicyclic) bond motifs is 1. The van der Waals surface area contributed by atoms with Crippen molar-refractivity contribution in [1.29, 1.82) is 5.26 Å². The van der Waals surface area contributed by atoms with E-state index in [1.807, 2.05) is 70.0 Å². The second-order valence-electron chi connectivity index (χ2n) is 13.5. The maximum Gasteiger partial charge on any atom is 0.410 e. The smallest absolute Gasteiger partial charge is 0.410 e. The molecule has 2 aliphatic rings. The number of hydrogen-bond donors (Lipinski definition) is 2. The van der Waals surface area contributed by atoms with Crippen molar-refractivity contribution < 1.29 is 9.53 Å². The molecule has 0 aromatic carbocycles. The highest BCUT2D eigenvalue weighted by Gasteiger charge is 2.53. The summed E-state index contributed by atoms with van der Waals surface area (Å²) in [5, 5.41) is 17.7. The predicted octanol–water partition coefficient (Wildman–Crippen LogP) is 5.40. The summed E-state index contributed by atoms with van der Waals surface area (Å²) in [4.78, 5) is 26.7. The second kappa shape index (κ2) is 12.5. The van der Waals surface area contributed by atoms with Crippen molar-refractivity contribution >= 4 is 28.6 Å². The minimum Gasteiger partial charge on any atom is -0.444 e. The van der Waals surface area contributed by atoms with Crippen molar-refractivity contribution in [2.75, 3.05) is 25.0 Å². The summed E-state index contributed by atoms with van der Waals surface area (Å²) < 4.78 is 7.35. The maximum absolute atomic E-state index is 12.7. The van der Waals surface area contributed by atoms with Crippen LogP contribution in [0, 0.1) is 11.3 Å². The lowest BCUT2D eigenvalue weighted by atomic mass is 9.81. The summed E-state index contributed by atoms with van der Waals surface area (Å²) in [5.41, 5.74) is 10.8. The fraction of sp³-hybridized carbons (Fsp3) is 0.500. The highest BCUT2D eigenvalue weighted by atomic mass is 16.6. The summed E-state index contributed by atoms with van der Waals surface area (Å²) in [6, 6.07) is 10.4. The van der Waals surface area contributed by atoms with E-state index in [9.17, 15) is 10.1 Å². The quantitative estimate of drug-likeness (QED) is 0.339. The average molecular weight is 612 g/mol. The standard InChI is InChI=1S/C34H45N9O2/c1-22(39-26-11-14-41(15-12-26)30-21-42(34(30,6)7)32(44)45-33(3,4)5)27(18-36)24-16-29(31-25(17-35)19-38-43(31)20-24)40-23(2)28-10-8-9-13-37-28/h8-10,13,16,18-20,23,26,30,40H,11-12,14-15,21,36H2,1-7H3/b27-18+,39-22?/t23-,30?/m1/s1. The number of piperidine rings is 1. The van der Waals surface area contributed by atoms with Gasteiger partial charge in [-0.3, -0.25) is 19.8 Å². The summed E-state index contributed by atoms with van der Waals surface area (Å²) in [6.45, 7) is 16.5. The first-order chi connectivity index (χ1) is 21.3. The molecule has 2 atom stereocenters. The summed E-state index contributed by atoms with van der Waals surface area (Å²) in [6.07, 6.45) is 8.43. The van der Waals surface area contributed by atoms with E-state index in [-0.39, 0.29) is 29.8 Å². The molecule has 5 heterocycles. The number of anilines is 1. The number of nitrogens with zero attached hydrogens (tertiary/aromatic N) is 7. The molecule has 0 aliphatic carbocycles. The molecule has 2 fully saturated rings. The van der Waals surface area contributed by atoms with Gasteiger partial charge in [0.1, 0.15) is 17.2 Å². The summed E-state index contributed by atoms with van der Waals surface area (Å²) >= 11 is 0. The number of rotatable bonds is 7. The van der Waals surface area contributed by atoms with E-state index in [1.165, 1.54) is 0 Å². The summed E-state index contributed by atoms with van der Waals surface area (Å²) in [5.74, 6) is 0. The van der Waals surface area contributed by atoms with E-state index in [0.29, 0.717) is 17.6 Å². The van der Waals surface area contributed by atoms with Gasteiger partial charge >= 0.3 is 6.09 Å². The van der Waals surface area contributed by atoms with Crippen LogP contribution in [0.4, 0.5) is 10.5 Å². The number of aromatic nitrogens is 3. The zero-order valence-electron chi connectivity index (χ0n) is 27.4. The van der Waals surface area contributed by atoms with E-state index in [1.54, 1.807) is 23.1 Å². The number of carbonyl (C=O) groups is 1. The number of pyridine rings is 2. The number of allylic oxidation sites excluding steroid dienone is 1. The van der Waals surface area contributed by atoms with Gasteiger partial charge in [-0.2, -0.15) is 10.4 Å².